The van der Waals surface area contributed by atoms with Gasteiger partial charge >= 0.3 is 0 Å². The maximum absolute atomic E-state index is 12.3. The third kappa shape index (κ3) is 4.16. The number of hydrogen-bond donors (Lipinski definition) is 1. The van der Waals surface area contributed by atoms with E-state index in [1.807, 2.05) is 43.3 Å². The van der Waals surface area contributed by atoms with Crippen LogP contribution in [0.5, 0.6) is 0 Å². The van der Waals surface area contributed by atoms with Crippen LogP contribution in [0.1, 0.15) is 42.4 Å². The topological polar surface area (TPSA) is 86.3 Å². The van der Waals surface area contributed by atoms with E-state index in [2.05, 4.69) is 20.7 Å². The summed E-state index contributed by atoms with van der Waals surface area (Å²) in [5.74, 6) is -0.152. The van der Waals surface area contributed by atoms with Gasteiger partial charge in [-0.3, -0.25) is 14.2 Å². The molecule has 3 rings (SSSR count). The molecular weight excluding hydrogens is 368 g/mol. The van der Waals surface area contributed by atoms with Crippen LogP contribution in [0.15, 0.2) is 11.4 Å². The van der Waals surface area contributed by atoms with Crippen molar-refractivity contribution >= 4 is 23.2 Å². The van der Waals surface area contributed by atoms with E-state index in [9.17, 15) is 4.79 Å². The molecule has 146 valence electrons. The quantitative estimate of drug-likeness (QED) is 0.733. The highest BCUT2D eigenvalue weighted by Crippen LogP contribution is 2.20. The maximum atomic E-state index is 12.3. The highest BCUT2D eigenvalue weighted by molar-refractivity contribution is 6.31. The van der Waals surface area contributed by atoms with Crippen LogP contribution in [0.2, 0.25) is 5.02 Å². The monoisotopic (exact) mass is 392 g/mol. The Morgan fingerprint density at radius 1 is 1.33 bits per heavy atom. The minimum Gasteiger partial charge on any atom is -0.382 e. The summed E-state index contributed by atoms with van der Waals surface area (Å²) in [6, 6.07) is 0. The molecule has 2 aromatic heterocycles. The Morgan fingerprint density at radius 2 is 2.11 bits per heavy atom. The zero-order valence-electron chi connectivity index (χ0n) is 16.1. The first kappa shape index (κ1) is 19.4. The predicted molar refractivity (Wildman–Crippen MR) is 103 cm³/mol. The van der Waals surface area contributed by atoms with Gasteiger partial charge in [-0.25, -0.2) is 0 Å². The second-order valence-electron chi connectivity index (χ2n) is 6.67. The van der Waals surface area contributed by atoms with E-state index in [0.717, 1.165) is 41.3 Å². The lowest BCUT2D eigenvalue weighted by atomic mass is 10.1. The minimum absolute atomic E-state index is 0.152. The zero-order valence-corrected chi connectivity index (χ0v) is 16.9. The maximum Gasteiger partial charge on any atom is 0.264 e. The van der Waals surface area contributed by atoms with Gasteiger partial charge in [0.2, 0.25) is 6.10 Å². The van der Waals surface area contributed by atoms with Gasteiger partial charge in [0.1, 0.15) is 0 Å². The number of aromatic nitrogens is 4. The van der Waals surface area contributed by atoms with Crippen LogP contribution in [-0.4, -0.2) is 43.8 Å². The largest absolute Gasteiger partial charge is 0.382 e. The fraction of sp³-hybridized carbons (Fsp3) is 0.556. The first-order valence-corrected chi connectivity index (χ1v) is 9.52. The molecule has 0 bridgehead atoms. The Bertz CT molecular complexity index is 870. The minimum atomic E-state index is -0.590. The van der Waals surface area contributed by atoms with E-state index in [4.69, 9.17) is 16.4 Å². The van der Waals surface area contributed by atoms with Gasteiger partial charge < -0.3 is 10.2 Å². The Hall–Kier alpha value is -2.35. The number of rotatable bonds is 7. The third-order valence-electron chi connectivity index (χ3n) is 4.68. The summed E-state index contributed by atoms with van der Waals surface area (Å²) in [7, 11) is 0. The molecule has 8 nitrogen and oxygen atoms in total. The van der Waals surface area contributed by atoms with E-state index >= 15 is 0 Å². The van der Waals surface area contributed by atoms with Gasteiger partial charge in [0.25, 0.3) is 5.91 Å². The Labute approximate surface area is 163 Å². The second-order valence-corrected chi connectivity index (χ2v) is 7.05. The van der Waals surface area contributed by atoms with Crippen LogP contribution < -0.4 is 5.32 Å². The number of carbonyl (C=O) groups is 1. The number of oxime groups is 1. The number of nitrogens with one attached hydrogen (secondary N) is 1. The van der Waals surface area contributed by atoms with Crippen LogP contribution in [-0.2, 0) is 22.7 Å². The van der Waals surface area contributed by atoms with E-state index in [0.29, 0.717) is 24.5 Å². The van der Waals surface area contributed by atoms with Gasteiger partial charge in [-0.05, 0) is 34.1 Å². The van der Waals surface area contributed by atoms with Crippen molar-refractivity contribution in [3.8, 4) is 0 Å². The fourth-order valence-corrected chi connectivity index (χ4v) is 3.22. The lowest BCUT2D eigenvalue weighted by Crippen LogP contribution is -2.35. The smallest absolute Gasteiger partial charge is 0.264 e. The molecule has 2 aromatic rings. The molecule has 0 saturated heterocycles. The van der Waals surface area contributed by atoms with Crippen molar-refractivity contribution in [3.05, 3.63) is 33.9 Å². The Morgan fingerprint density at radius 3 is 2.74 bits per heavy atom. The number of carbonyl (C=O) groups excluding carboxylic acids is 1. The average molecular weight is 393 g/mol. The van der Waals surface area contributed by atoms with Gasteiger partial charge in [-0.15, -0.1) is 0 Å². The summed E-state index contributed by atoms with van der Waals surface area (Å²) in [5, 5.41) is 16.5. The van der Waals surface area contributed by atoms with Gasteiger partial charge in [0.05, 0.1) is 27.8 Å². The molecule has 0 aromatic carbocycles. The van der Waals surface area contributed by atoms with Crippen molar-refractivity contribution in [2.75, 3.05) is 6.54 Å². The van der Waals surface area contributed by atoms with Crippen molar-refractivity contribution in [3.63, 3.8) is 0 Å². The molecule has 3 heterocycles. The summed E-state index contributed by atoms with van der Waals surface area (Å²) in [5.41, 5.74) is 4.37. The summed E-state index contributed by atoms with van der Waals surface area (Å²) < 4.78 is 3.72. The van der Waals surface area contributed by atoms with Crippen molar-refractivity contribution in [2.45, 2.75) is 59.7 Å². The summed E-state index contributed by atoms with van der Waals surface area (Å²) in [6.45, 7) is 9.81. The molecule has 1 atom stereocenters. The molecular formula is C18H25ClN6O2. The Balaban J connectivity index is 1.46. The summed E-state index contributed by atoms with van der Waals surface area (Å²) in [6.07, 6.45) is 2.56. The summed E-state index contributed by atoms with van der Waals surface area (Å²) in [4.78, 5) is 17.7. The number of amides is 1. The molecule has 1 aliphatic rings. The van der Waals surface area contributed by atoms with Crippen LogP contribution >= 0.6 is 11.6 Å². The van der Waals surface area contributed by atoms with Crippen molar-refractivity contribution < 1.29 is 9.63 Å². The molecule has 27 heavy (non-hydrogen) atoms. The molecule has 0 aliphatic carbocycles. The molecule has 1 N–H and O–H groups in total. The van der Waals surface area contributed by atoms with E-state index in [-0.39, 0.29) is 5.91 Å². The van der Waals surface area contributed by atoms with Gasteiger partial charge in [-0.2, -0.15) is 10.2 Å². The molecule has 0 radical (unpaired) electrons. The zero-order chi connectivity index (χ0) is 19.6. The predicted octanol–water partition coefficient (Wildman–Crippen LogP) is 2.38. The van der Waals surface area contributed by atoms with Crippen molar-refractivity contribution in [2.24, 2.45) is 5.16 Å². The van der Waals surface area contributed by atoms with Crippen molar-refractivity contribution in [1.82, 2.24) is 24.9 Å². The van der Waals surface area contributed by atoms with E-state index in [1.165, 1.54) is 0 Å². The SMILES string of the molecule is CCn1cc(C2=NOC(C(=O)NCCCn3nc(C)c(Cl)c3C)C2)c(C)n1. The van der Waals surface area contributed by atoms with Crippen molar-refractivity contribution in [1.29, 1.82) is 0 Å². The Kier molecular flexibility index (Phi) is 5.84. The normalized spacial score (nSPS) is 16.3. The van der Waals surface area contributed by atoms with Crippen LogP contribution in [0.25, 0.3) is 0 Å². The highest BCUT2D eigenvalue weighted by Gasteiger charge is 2.30. The molecule has 1 amide bonds. The lowest BCUT2D eigenvalue weighted by Gasteiger charge is -2.10. The second kappa shape index (κ2) is 8.12. The van der Waals surface area contributed by atoms with Crippen LogP contribution in [0, 0.1) is 20.8 Å². The van der Waals surface area contributed by atoms with Gasteiger partial charge in [-0.1, -0.05) is 16.8 Å². The number of hydrogen-bond acceptors (Lipinski definition) is 5. The van der Waals surface area contributed by atoms with Crippen LogP contribution in [0.4, 0.5) is 0 Å². The number of nitrogens with zero attached hydrogens (tertiary/aromatic N) is 5. The molecule has 1 unspecified atom stereocenters. The van der Waals surface area contributed by atoms with E-state index < -0.39 is 6.10 Å². The first-order chi connectivity index (χ1) is 12.9. The lowest BCUT2D eigenvalue weighted by molar-refractivity contribution is -0.131. The standard InChI is InChI=1S/C18H25ClN6O2/c1-5-24-10-14(11(2)21-24)15-9-16(27-23-15)18(26)20-7-6-8-25-13(4)17(19)12(3)22-25/h10,16H,5-9H2,1-4H3,(H,20,26). The highest BCUT2D eigenvalue weighted by atomic mass is 35.5. The molecule has 0 fully saturated rings. The fourth-order valence-electron chi connectivity index (χ4n) is 3.09. The number of halogens is 1. The molecule has 9 heteroatoms. The molecule has 1 aliphatic heterocycles. The molecule has 0 spiro atoms. The average Bonchev–Trinajstić information content (AvgIpc) is 3.33. The first-order valence-electron chi connectivity index (χ1n) is 9.15. The van der Waals surface area contributed by atoms with Crippen LogP contribution in [0.3, 0.4) is 0 Å². The molecule has 0 saturated carbocycles. The third-order valence-corrected chi connectivity index (χ3v) is 5.23. The summed E-state index contributed by atoms with van der Waals surface area (Å²) >= 11 is 6.15. The number of aryl methyl sites for hydroxylation is 4. The van der Waals surface area contributed by atoms with E-state index in [1.54, 1.807) is 0 Å². The van der Waals surface area contributed by atoms with Gasteiger partial charge in [0, 0.05) is 37.8 Å². The van der Waals surface area contributed by atoms with Gasteiger partial charge in [0.15, 0.2) is 0 Å².